The van der Waals surface area contributed by atoms with Gasteiger partial charge >= 0.3 is 5.97 Å². The summed E-state index contributed by atoms with van der Waals surface area (Å²) in [5, 5.41) is 12.3. The highest BCUT2D eigenvalue weighted by Gasteiger charge is 2.35. The Morgan fingerprint density at radius 2 is 1.76 bits per heavy atom. The molecule has 2 aromatic carbocycles. The molecule has 2 N–H and O–H groups in total. The number of halogens is 1. The van der Waals surface area contributed by atoms with E-state index in [1.807, 2.05) is 6.07 Å². The molecule has 1 amide bonds. The highest BCUT2D eigenvalue weighted by molar-refractivity contribution is 7.99. The lowest BCUT2D eigenvalue weighted by atomic mass is 9.82. The third-order valence-electron chi connectivity index (χ3n) is 3.93. The Labute approximate surface area is 150 Å². The molecular weight excluding hydrogens is 341 g/mol. The summed E-state index contributed by atoms with van der Waals surface area (Å²) < 4.78 is 12.8. The van der Waals surface area contributed by atoms with Crippen molar-refractivity contribution in [3.8, 4) is 0 Å². The van der Waals surface area contributed by atoms with Crippen LogP contribution in [0, 0.1) is 5.82 Å². The quantitative estimate of drug-likeness (QED) is 0.707. The fourth-order valence-corrected chi connectivity index (χ4v) is 3.11. The maximum atomic E-state index is 12.8. The van der Waals surface area contributed by atoms with Crippen molar-refractivity contribution >= 4 is 23.6 Å². The number of carboxylic acids is 1. The van der Waals surface area contributed by atoms with Crippen LogP contribution in [-0.4, -0.2) is 29.3 Å². The normalized spacial score (nSPS) is 13.0. The van der Waals surface area contributed by atoms with Crippen LogP contribution in [0.2, 0.25) is 0 Å². The summed E-state index contributed by atoms with van der Waals surface area (Å²) in [5.41, 5.74) is -0.537. The number of hydrogen-bond donors (Lipinski definition) is 2. The van der Waals surface area contributed by atoms with E-state index in [0.29, 0.717) is 11.3 Å². The standard InChI is InChI=1S/C19H20FNO3S/c1-19(18(23)24,14-5-3-2-4-6-14)13-21-17(22)11-12-25-16-9-7-15(20)8-10-16/h2-10H,11-13H2,1H3,(H,21,22)(H,23,24). The van der Waals surface area contributed by atoms with Crippen molar-refractivity contribution in [3.63, 3.8) is 0 Å². The van der Waals surface area contributed by atoms with Gasteiger partial charge in [0.15, 0.2) is 0 Å². The van der Waals surface area contributed by atoms with Crippen molar-refractivity contribution < 1.29 is 19.1 Å². The van der Waals surface area contributed by atoms with Crippen LogP contribution in [0.15, 0.2) is 59.5 Å². The molecule has 1 unspecified atom stereocenters. The number of thioether (sulfide) groups is 1. The summed E-state index contributed by atoms with van der Waals surface area (Å²) in [5.74, 6) is -0.958. The smallest absolute Gasteiger partial charge is 0.315 e. The summed E-state index contributed by atoms with van der Waals surface area (Å²) in [7, 11) is 0. The van der Waals surface area contributed by atoms with E-state index in [9.17, 15) is 19.1 Å². The molecule has 1 atom stereocenters. The lowest BCUT2D eigenvalue weighted by molar-refractivity contribution is -0.143. The molecule has 0 saturated heterocycles. The van der Waals surface area contributed by atoms with Crippen molar-refractivity contribution in [2.75, 3.05) is 12.3 Å². The number of hydrogen-bond acceptors (Lipinski definition) is 3. The lowest BCUT2D eigenvalue weighted by Crippen LogP contribution is -2.44. The van der Waals surface area contributed by atoms with Crippen LogP contribution in [-0.2, 0) is 15.0 Å². The van der Waals surface area contributed by atoms with Gasteiger partial charge in [-0.1, -0.05) is 30.3 Å². The fraction of sp³-hybridized carbons (Fsp3) is 0.263. The molecule has 0 aliphatic carbocycles. The van der Waals surface area contributed by atoms with Gasteiger partial charge in [0.1, 0.15) is 11.2 Å². The first kappa shape index (κ1) is 19.0. The molecule has 4 nitrogen and oxygen atoms in total. The molecule has 0 bridgehead atoms. The second-order valence-corrected chi connectivity index (χ2v) is 7.00. The molecule has 2 rings (SSSR count). The van der Waals surface area contributed by atoms with Gasteiger partial charge in [0.05, 0.1) is 0 Å². The Bertz CT molecular complexity index is 721. The Morgan fingerprint density at radius 1 is 1.12 bits per heavy atom. The van der Waals surface area contributed by atoms with Crippen LogP contribution in [0.25, 0.3) is 0 Å². The first-order valence-corrected chi connectivity index (χ1v) is 8.84. The van der Waals surface area contributed by atoms with Gasteiger partial charge in [-0.3, -0.25) is 9.59 Å². The highest BCUT2D eigenvalue weighted by atomic mass is 32.2. The summed E-state index contributed by atoms with van der Waals surface area (Å²) in [6, 6.07) is 14.9. The van der Waals surface area contributed by atoms with E-state index >= 15 is 0 Å². The first-order valence-electron chi connectivity index (χ1n) is 7.86. The Balaban J connectivity index is 1.85. The molecule has 2 aromatic rings. The van der Waals surface area contributed by atoms with Crippen molar-refractivity contribution in [1.29, 1.82) is 0 Å². The third kappa shape index (κ3) is 5.32. The molecule has 0 saturated carbocycles. The number of aliphatic carboxylic acids is 1. The number of carbonyl (C=O) groups excluding carboxylic acids is 1. The Morgan fingerprint density at radius 3 is 2.36 bits per heavy atom. The maximum absolute atomic E-state index is 12.8. The monoisotopic (exact) mass is 361 g/mol. The van der Waals surface area contributed by atoms with Crippen LogP contribution in [0.3, 0.4) is 0 Å². The van der Waals surface area contributed by atoms with E-state index in [1.165, 1.54) is 23.9 Å². The number of carbonyl (C=O) groups is 2. The molecule has 25 heavy (non-hydrogen) atoms. The molecule has 6 heteroatoms. The highest BCUT2D eigenvalue weighted by Crippen LogP contribution is 2.23. The minimum Gasteiger partial charge on any atom is -0.481 e. The number of nitrogens with one attached hydrogen (secondary N) is 1. The van der Waals surface area contributed by atoms with Crippen molar-refractivity contribution in [3.05, 3.63) is 66.0 Å². The molecule has 0 aromatic heterocycles. The summed E-state index contributed by atoms with van der Waals surface area (Å²) >= 11 is 1.45. The van der Waals surface area contributed by atoms with E-state index in [4.69, 9.17) is 0 Å². The second kappa shape index (κ2) is 8.67. The third-order valence-corrected chi connectivity index (χ3v) is 4.95. The zero-order valence-electron chi connectivity index (χ0n) is 13.9. The van der Waals surface area contributed by atoms with Crippen LogP contribution in [0.5, 0.6) is 0 Å². The van der Waals surface area contributed by atoms with Gasteiger partial charge in [-0.15, -0.1) is 11.8 Å². The summed E-state index contributed by atoms with van der Waals surface area (Å²) in [6.45, 7) is 1.62. The van der Waals surface area contributed by atoms with Crippen LogP contribution >= 0.6 is 11.8 Å². The average molecular weight is 361 g/mol. The van der Waals surface area contributed by atoms with E-state index in [2.05, 4.69) is 5.32 Å². The van der Waals surface area contributed by atoms with Crippen LogP contribution in [0.4, 0.5) is 4.39 Å². The minimum atomic E-state index is -1.18. The predicted molar refractivity (Wildman–Crippen MR) is 96.2 cm³/mol. The van der Waals surface area contributed by atoms with E-state index in [-0.39, 0.29) is 24.7 Å². The van der Waals surface area contributed by atoms with Crippen LogP contribution in [0.1, 0.15) is 18.9 Å². The van der Waals surface area contributed by atoms with Crippen LogP contribution < -0.4 is 5.32 Å². The summed E-state index contributed by atoms with van der Waals surface area (Å²) in [4.78, 5) is 24.6. The van der Waals surface area contributed by atoms with E-state index < -0.39 is 11.4 Å². The fourth-order valence-electron chi connectivity index (χ4n) is 2.26. The predicted octanol–water partition coefficient (Wildman–Crippen LogP) is 3.47. The zero-order valence-corrected chi connectivity index (χ0v) is 14.7. The second-order valence-electron chi connectivity index (χ2n) is 5.83. The van der Waals surface area contributed by atoms with Crippen molar-refractivity contribution in [2.45, 2.75) is 23.7 Å². The van der Waals surface area contributed by atoms with Crippen molar-refractivity contribution in [1.82, 2.24) is 5.32 Å². The molecule has 132 valence electrons. The minimum absolute atomic E-state index is 0.0202. The molecule has 0 radical (unpaired) electrons. The van der Waals surface area contributed by atoms with Gasteiger partial charge in [-0.05, 0) is 36.8 Å². The number of benzene rings is 2. The molecule has 0 fully saturated rings. The maximum Gasteiger partial charge on any atom is 0.315 e. The van der Waals surface area contributed by atoms with Gasteiger partial charge in [-0.2, -0.15) is 0 Å². The number of carboxylic acid groups (broad SMARTS) is 1. The van der Waals surface area contributed by atoms with Gasteiger partial charge in [-0.25, -0.2) is 4.39 Å². The van der Waals surface area contributed by atoms with E-state index in [1.54, 1.807) is 43.3 Å². The molecule has 0 aliphatic rings. The average Bonchev–Trinajstić information content (AvgIpc) is 2.62. The van der Waals surface area contributed by atoms with Gasteiger partial charge < -0.3 is 10.4 Å². The largest absolute Gasteiger partial charge is 0.481 e. The number of amides is 1. The van der Waals surface area contributed by atoms with E-state index in [0.717, 1.165) is 4.90 Å². The van der Waals surface area contributed by atoms with Gasteiger partial charge in [0.2, 0.25) is 5.91 Å². The topological polar surface area (TPSA) is 66.4 Å². The molecule has 0 aliphatic heterocycles. The zero-order chi connectivity index (χ0) is 18.3. The molecule has 0 heterocycles. The SMILES string of the molecule is CC(CNC(=O)CCSc1ccc(F)cc1)(C(=O)O)c1ccccc1. The van der Waals surface area contributed by atoms with Crippen molar-refractivity contribution in [2.24, 2.45) is 0 Å². The lowest BCUT2D eigenvalue weighted by Gasteiger charge is -2.25. The summed E-state index contributed by atoms with van der Waals surface area (Å²) in [6.07, 6.45) is 0.256. The molecular formula is C19H20FNO3S. The Hall–Kier alpha value is -2.34. The first-order chi connectivity index (χ1) is 11.9. The van der Waals surface area contributed by atoms with Gasteiger partial charge in [0, 0.05) is 23.6 Å². The number of rotatable bonds is 8. The Kier molecular flexibility index (Phi) is 6.58. The van der Waals surface area contributed by atoms with Gasteiger partial charge in [0.25, 0.3) is 0 Å². The molecule has 0 spiro atoms.